The van der Waals surface area contributed by atoms with E-state index < -0.39 is 10.9 Å². The van der Waals surface area contributed by atoms with Gasteiger partial charge >= 0.3 is 5.97 Å². The summed E-state index contributed by atoms with van der Waals surface area (Å²) in [4.78, 5) is 25.9. The van der Waals surface area contributed by atoms with Gasteiger partial charge in [-0.1, -0.05) is 17.9 Å². The first-order valence-corrected chi connectivity index (χ1v) is 6.78. The van der Waals surface area contributed by atoms with Gasteiger partial charge in [-0.15, -0.1) is 0 Å². The number of rotatable bonds is 5. The second-order valence-corrected chi connectivity index (χ2v) is 4.51. The molecule has 0 atom stereocenters. The van der Waals surface area contributed by atoms with E-state index in [0.717, 1.165) is 18.2 Å². The van der Waals surface area contributed by atoms with Gasteiger partial charge in [0.25, 0.3) is 5.69 Å². The maximum Gasteiger partial charge on any atom is 0.338 e. The van der Waals surface area contributed by atoms with E-state index >= 15 is 0 Å². The number of nitrogens with zero attached hydrogens (tertiary/aromatic N) is 2. The molecule has 0 unspecified atom stereocenters. The largest absolute Gasteiger partial charge is 0.872 e. The van der Waals surface area contributed by atoms with Crippen molar-refractivity contribution in [3.8, 4) is 5.75 Å². The van der Waals surface area contributed by atoms with Crippen molar-refractivity contribution < 1.29 is 19.6 Å². The third kappa shape index (κ3) is 4.13. The third-order valence-corrected chi connectivity index (χ3v) is 2.91. The molecule has 0 spiro atoms. The molecule has 0 saturated carbocycles. The fourth-order valence-electron chi connectivity index (χ4n) is 1.82. The molecule has 0 bridgehead atoms. The van der Waals surface area contributed by atoms with Crippen LogP contribution in [0.4, 0.5) is 11.4 Å². The Morgan fingerprint density at radius 1 is 1.30 bits per heavy atom. The number of carbonyl (C=O) groups is 1. The molecule has 0 amide bonds. The molecule has 2 rings (SSSR count). The molecule has 0 aliphatic heterocycles. The Labute approximate surface area is 132 Å². The van der Waals surface area contributed by atoms with Gasteiger partial charge in [0.05, 0.1) is 22.8 Å². The molecule has 7 heteroatoms. The standard InChI is InChI=1S/C16H14N2O5/c1-2-23-16(20)11-4-3-5-13(8-11)17-10-12-9-14(18(21)22)6-7-15(12)19/h3-10,19H,2H2,1H3/p-1. The Morgan fingerprint density at radius 3 is 2.78 bits per heavy atom. The first-order chi connectivity index (χ1) is 11.0. The molecule has 0 aromatic heterocycles. The number of benzene rings is 2. The maximum atomic E-state index is 11.7. The maximum absolute atomic E-state index is 11.7. The molecule has 23 heavy (non-hydrogen) atoms. The summed E-state index contributed by atoms with van der Waals surface area (Å²) in [5.74, 6) is -0.842. The summed E-state index contributed by atoms with van der Waals surface area (Å²) in [7, 11) is 0. The van der Waals surface area contributed by atoms with Crippen LogP contribution in [0, 0.1) is 10.1 Å². The van der Waals surface area contributed by atoms with Crippen molar-refractivity contribution in [3.05, 3.63) is 63.7 Å². The number of aliphatic imine (C=N–C) groups is 1. The van der Waals surface area contributed by atoms with Crippen molar-refractivity contribution in [1.82, 2.24) is 0 Å². The van der Waals surface area contributed by atoms with Crippen LogP contribution in [-0.2, 0) is 4.74 Å². The van der Waals surface area contributed by atoms with Gasteiger partial charge in [-0.25, -0.2) is 4.79 Å². The molecule has 0 saturated heterocycles. The van der Waals surface area contributed by atoms with E-state index in [1.54, 1.807) is 25.1 Å². The first-order valence-electron chi connectivity index (χ1n) is 6.78. The predicted octanol–water partition coefficient (Wildman–Crippen LogP) is 2.60. The fourth-order valence-corrected chi connectivity index (χ4v) is 1.82. The van der Waals surface area contributed by atoms with Crippen LogP contribution in [0.3, 0.4) is 0 Å². The monoisotopic (exact) mass is 313 g/mol. The SMILES string of the molecule is CCOC(=O)c1cccc(N=Cc2cc([N+](=O)[O-])ccc2[O-])c1. The highest BCUT2D eigenvalue weighted by atomic mass is 16.6. The van der Waals surface area contributed by atoms with Crippen LogP contribution in [0.5, 0.6) is 5.75 Å². The normalized spacial score (nSPS) is 10.7. The Bertz CT molecular complexity index is 771. The summed E-state index contributed by atoms with van der Waals surface area (Å²) in [5.41, 5.74) is 0.677. The van der Waals surface area contributed by atoms with Gasteiger partial charge in [-0.05, 0) is 30.7 Å². The Kier molecular flexibility index (Phi) is 5.03. The summed E-state index contributed by atoms with van der Waals surface area (Å²) in [6.07, 6.45) is 1.24. The number of non-ortho nitro benzene ring substituents is 1. The average molecular weight is 313 g/mol. The lowest BCUT2D eigenvalue weighted by Gasteiger charge is -2.08. The van der Waals surface area contributed by atoms with E-state index in [2.05, 4.69) is 4.99 Å². The summed E-state index contributed by atoms with van der Waals surface area (Å²) in [6, 6.07) is 9.78. The number of esters is 1. The predicted molar refractivity (Wildman–Crippen MR) is 82.2 cm³/mol. The number of hydrogen-bond acceptors (Lipinski definition) is 6. The molecule has 2 aromatic carbocycles. The van der Waals surface area contributed by atoms with Gasteiger partial charge < -0.3 is 9.84 Å². The fraction of sp³-hybridized carbons (Fsp3) is 0.125. The van der Waals surface area contributed by atoms with Crippen molar-refractivity contribution in [2.75, 3.05) is 6.61 Å². The van der Waals surface area contributed by atoms with E-state index in [9.17, 15) is 20.0 Å². The van der Waals surface area contributed by atoms with Gasteiger partial charge in [0.1, 0.15) is 0 Å². The number of nitro benzene ring substituents is 1. The van der Waals surface area contributed by atoms with Crippen molar-refractivity contribution in [1.29, 1.82) is 0 Å². The van der Waals surface area contributed by atoms with E-state index in [1.807, 2.05) is 0 Å². The topological polar surface area (TPSA) is 105 Å². The number of ether oxygens (including phenoxy) is 1. The second kappa shape index (κ2) is 7.17. The minimum Gasteiger partial charge on any atom is -0.872 e. The molecular formula is C16H13N2O5-. The van der Waals surface area contributed by atoms with Crippen LogP contribution in [-0.4, -0.2) is 23.7 Å². The Balaban J connectivity index is 2.27. The van der Waals surface area contributed by atoms with Crippen molar-refractivity contribution in [2.24, 2.45) is 4.99 Å². The molecule has 0 N–H and O–H groups in total. The Hall–Kier alpha value is -3.22. The van der Waals surface area contributed by atoms with Crippen molar-refractivity contribution in [2.45, 2.75) is 6.92 Å². The van der Waals surface area contributed by atoms with Crippen LogP contribution in [0.25, 0.3) is 0 Å². The van der Waals surface area contributed by atoms with E-state index in [4.69, 9.17) is 4.74 Å². The molecule has 0 fully saturated rings. The van der Waals surface area contributed by atoms with E-state index in [0.29, 0.717) is 11.3 Å². The summed E-state index contributed by atoms with van der Waals surface area (Å²) < 4.78 is 4.89. The van der Waals surface area contributed by atoms with Gasteiger partial charge in [0.2, 0.25) is 0 Å². The minimum absolute atomic E-state index is 0.0979. The quantitative estimate of drug-likeness (QED) is 0.365. The van der Waals surface area contributed by atoms with E-state index in [1.165, 1.54) is 12.3 Å². The lowest BCUT2D eigenvalue weighted by Crippen LogP contribution is -2.03. The van der Waals surface area contributed by atoms with Crippen molar-refractivity contribution >= 4 is 23.6 Å². The lowest BCUT2D eigenvalue weighted by atomic mass is 10.2. The van der Waals surface area contributed by atoms with Gasteiger partial charge in [0.15, 0.2) is 0 Å². The van der Waals surface area contributed by atoms with E-state index in [-0.39, 0.29) is 23.6 Å². The van der Waals surface area contributed by atoms with Crippen LogP contribution >= 0.6 is 0 Å². The lowest BCUT2D eigenvalue weighted by molar-refractivity contribution is -0.385. The number of carbonyl (C=O) groups excluding carboxylic acids is 1. The number of hydrogen-bond donors (Lipinski definition) is 0. The second-order valence-electron chi connectivity index (χ2n) is 4.51. The zero-order valence-corrected chi connectivity index (χ0v) is 12.3. The third-order valence-electron chi connectivity index (χ3n) is 2.91. The minimum atomic E-state index is -0.585. The molecule has 7 nitrogen and oxygen atoms in total. The highest BCUT2D eigenvalue weighted by Crippen LogP contribution is 2.21. The smallest absolute Gasteiger partial charge is 0.338 e. The van der Waals surface area contributed by atoms with Crippen LogP contribution in [0.2, 0.25) is 0 Å². The summed E-state index contributed by atoms with van der Waals surface area (Å²) in [5, 5.41) is 22.4. The van der Waals surface area contributed by atoms with Crippen LogP contribution in [0.1, 0.15) is 22.8 Å². The molecule has 118 valence electrons. The highest BCUT2D eigenvalue weighted by molar-refractivity contribution is 5.91. The zero-order valence-electron chi connectivity index (χ0n) is 12.3. The highest BCUT2D eigenvalue weighted by Gasteiger charge is 2.07. The Morgan fingerprint density at radius 2 is 2.09 bits per heavy atom. The molecule has 0 aliphatic rings. The number of nitro groups is 1. The molecule has 2 aromatic rings. The van der Waals surface area contributed by atoms with Gasteiger partial charge in [0, 0.05) is 18.3 Å². The molecule has 0 aliphatic carbocycles. The summed E-state index contributed by atoms with van der Waals surface area (Å²) >= 11 is 0. The van der Waals surface area contributed by atoms with Gasteiger partial charge in [-0.2, -0.15) is 0 Å². The zero-order chi connectivity index (χ0) is 16.8. The first kappa shape index (κ1) is 16.2. The average Bonchev–Trinajstić information content (AvgIpc) is 2.54. The summed E-state index contributed by atoms with van der Waals surface area (Å²) in [6.45, 7) is 1.97. The van der Waals surface area contributed by atoms with Crippen LogP contribution in [0.15, 0.2) is 47.5 Å². The van der Waals surface area contributed by atoms with Gasteiger partial charge in [-0.3, -0.25) is 15.1 Å². The molecular weight excluding hydrogens is 300 g/mol. The van der Waals surface area contributed by atoms with Crippen LogP contribution < -0.4 is 5.11 Å². The van der Waals surface area contributed by atoms with Crippen molar-refractivity contribution in [3.63, 3.8) is 0 Å². The molecule has 0 heterocycles. The molecule has 0 radical (unpaired) electrons.